The molecule has 0 saturated heterocycles. The Kier molecular flexibility index (Phi) is 4.07. The molecule has 1 aromatic heterocycles. The number of pyridine rings is 1. The van der Waals surface area contributed by atoms with Gasteiger partial charge in [0.25, 0.3) is 0 Å². The minimum atomic E-state index is -3.87. The van der Waals surface area contributed by atoms with Gasteiger partial charge in [0.1, 0.15) is 4.90 Å². The van der Waals surface area contributed by atoms with E-state index in [1.165, 1.54) is 25.5 Å². The SMILES string of the molecule is CN(C1CCCCC1O)S(=O)(=O)c1c[nH]ccc1=O. The lowest BCUT2D eigenvalue weighted by Crippen LogP contribution is -2.47. The Hall–Kier alpha value is -1.18. The summed E-state index contributed by atoms with van der Waals surface area (Å²) in [5.74, 6) is 0. The van der Waals surface area contributed by atoms with E-state index in [1.807, 2.05) is 0 Å². The monoisotopic (exact) mass is 286 g/mol. The maximum Gasteiger partial charge on any atom is 0.248 e. The smallest absolute Gasteiger partial charge is 0.248 e. The molecule has 0 spiro atoms. The number of aromatic amines is 1. The highest BCUT2D eigenvalue weighted by molar-refractivity contribution is 7.89. The van der Waals surface area contributed by atoms with Crippen LogP contribution in [-0.4, -0.2) is 42.0 Å². The summed E-state index contributed by atoms with van der Waals surface area (Å²) < 4.78 is 25.9. The van der Waals surface area contributed by atoms with Gasteiger partial charge in [-0.2, -0.15) is 4.31 Å². The van der Waals surface area contributed by atoms with Gasteiger partial charge in [0.05, 0.1) is 12.1 Å². The number of nitrogens with one attached hydrogen (secondary N) is 1. The molecule has 19 heavy (non-hydrogen) atoms. The van der Waals surface area contributed by atoms with Crippen LogP contribution in [0.3, 0.4) is 0 Å². The summed E-state index contributed by atoms with van der Waals surface area (Å²) in [5, 5.41) is 9.93. The molecule has 0 bridgehead atoms. The molecule has 0 radical (unpaired) electrons. The molecule has 1 aliphatic rings. The van der Waals surface area contributed by atoms with Gasteiger partial charge >= 0.3 is 0 Å². The fourth-order valence-corrected chi connectivity index (χ4v) is 3.90. The van der Waals surface area contributed by atoms with Crippen LogP contribution in [0.25, 0.3) is 0 Å². The van der Waals surface area contributed by atoms with Crippen LogP contribution in [0, 0.1) is 0 Å². The normalized spacial score (nSPS) is 24.6. The van der Waals surface area contributed by atoms with Gasteiger partial charge in [-0.15, -0.1) is 0 Å². The highest BCUT2D eigenvalue weighted by Gasteiger charge is 2.35. The average Bonchev–Trinajstić information content (AvgIpc) is 2.39. The standard InChI is InChI=1S/C12H18N2O4S/c1-14(9-4-2-3-5-10(9)15)19(17,18)12-8-13-7-6-11(12)16/h6-10,15H,2-5H2,1H3,(H,13,16). The molecule has 2 atom stereocenters. The molecule has 1 aromatic rings. The zero-order valence-corrected chi connectivity index (χ0v) is 11.6. The third-order valence-electron chi connectivity index (χ3n) is 3.61. The second kappa shape index (κ2) is 5.44. The van der Waals surface area contributed by atoms with Crippen molar-refractivity contribution in [3.63, 3.8) is 0 Å². The predicted molar refractivity (Wildman–Crippen MR) is 70.3 cm³/mol. The van der Waals surface area contributed by atoms with Gasteiger partial charge in [-0.3, -0.25) is 4.79 Å². The molecule has 106 valence electrons. The van der Waals surface area contributed by atoms with Gasteiger partial charge in [0.2, 0.25) is 15.5 Å². The summed E-state index contributed by atoms with van der Waals surface area (Å²) in [6.45, 7) is 0. The lowest BCUT2D eigenvalue weighted by molar-refractivity contribution is 0.0637. The third-order valence-corrected chi connectivity index (χ3v) is 5.51. The Labute approximate surface area is 112 Å². The summed E-state index contributed by atoms with van der Waals surface area (Å²) in [6, 6.07) is 0.719. The third kappa shape index (κ3) is 2.72. The molecular weight excluding hydrogens is 268 g/mol. The van der Waals surface area contributed by atoms with Crippen molar-refractivity contribution in [2.45, 2.75) is 42.7 Å². The van der Waals surface area contributed by atoms with Crippen LogP contribution in [0.4, 0.5) is 0 Å². The van der Waals surface area contributed by atoms with Crippen LogP contribution < -0.4 is 5.43 Å². The number of H-pyrrole nitrogens is 1. The molecule has 0 aromatic carbocycles. The Balaban J connectivity index is 2.34. The van der Waals surface area contributed by atoms with E-state index in [2.05, 4.69) is 4.98 Å². The van der Waals surface area contributed by atoms with Crippen LogP contribution in [-0.2, 0) is 10.0 Å². The number of hydrogen-bond donors (Lipinski definition) is 2. The summed E-state index contributed by atoms with van der Waals surface area (Å²) >= 11 is 0. The molecule has 1 fully saturated rings. The van der Waals surface area contributed by atoms with Gasteiger partial charge in [0.15, 0.2) is 0 Å². The summed E-state index contributed by atoms with van der Waals surface area (Å²) in [7, 11) is -2.45. The number of aromatic nitrogens is 1. The van der Waals surface area contributed by atoms with Crippen LogP contribution in [0.1, 0.15) is 25.7 Å². The first-order valence-electron chi connectivity index (χ1n) is 6.28. The molecule has 2 unspecified atom stereocenters. The van der Waals surface area contributed by atoms with Crippen LogP contribution in [0.15, 0.2) is 28.2 Å². The number of nitrogens with zero attached hydrogens (tertiary/aromatic N) is 1. The molecule has 0 amide bonds. The maximum absolute atomic E-state index is 12.4. The molecule has 0 aliphatic heterocycles. The van der Waals surface area contributed by atoms with Crippen molar-refractivity contribution < 1.29 is 13.5 Å². The Morgan fingerprint density at radius 2 is 2.05 bits per heavy atom. The van der Waals surface area contributed by atoms with Crippen molar-refractivity contribution in [2.24, 2.45) is 0 Å². The van der Waals surface area contributed by atoms with Gasteiger partial charge in [0, 0.05) is 25.5 Å². The van der Waals surface area contributed by atoms with Crippen LogP contribution >= 0.6 is 0 Å². The first kappa shape index (κ1) is 14.2. The molecule has 1 heterocycles. The zero-order valence-electron chi connectivity index (χ0n) is 10.7. The van der Waals surface area contributed by atoms with E-state index in [-0.39, 0.29) is 4.90 Å². The fourth-order valence-electron chi connectivity index (χ4n) is 2.45. The molecule has 1 saturated carbocycles. The quantitative estimate of drug-likeness (QED) is 0.836. The van der Waals surface area contributed by atoms with E-state index in [1.54, 1.807) is 0 Å². The van der Waals surface area contributed by atoms with Gasteiger partial charge in [-0.1, -0.05) is 12.8 Å². The number of rotatable bonds is 3. The van der Waals surface area contributed by atoms with Gasteiger partial charge in [-0.25, -0.2) is 8.42 Å². The van der Waals surface area contributed by atoms with E-state index in [9.17, 15) is 18.3 Å². The summed E-state index contributed by atoms with van der Waals surface area (Å²) in [6.07, 6.45) is 4.89. The second-order valence-corrected chi connectivity index (χ2v) is 6.78. The minimum Gasteiger partial charge on any atom is -0.391 e. The fraction of sp³-hybridized carbons (Fsp3) is 0.583. The number of sulfonamides is 1. The van der Waals surface area contributed by atoms with Crippen LogP contribution in [0.2, 0.25) is 0 Å². The number of aliphatic hydroxyl groups is 1. The largest absolute Gasteiger partial charge is 0.391 e. The first-order chi connectivity index (χ1) is 8.94. The highest BCUT2D eigenvalue weighted by Crippen LogP contribution is 2.25. The lowest BCUT2D eigenvalue weighted by atomic mass is 9.93. The lowest BCUT2D eigenvalue weighted by Gasteiger charge is -2.34. The zero-order chi connectivity index (χ0) is 14.0. The average molecular weight is 286 g/mol. The van der Waals surface area contributed by atoms with Crippen molar-refractivity contribution in [3.05, 3.63) is 28.7 Å². The van der Waals surface area contributed by atoms with E-state index < -0.39 is 27.6 Å². The Bertz CT molecular complexity index is 596. The molecule has 6 nitrogen and oxygen atoms in total. The molecule has 1 aliphatic carbocycles. The maximum atomic E-state index is 12.4. The van der Waals surface area contributed by atoms with Crippen molar-refractivity contribution in [3.8, 4) is 0 Å². The topological polar surface area (TPSA) is 90.5 Å². The van der Waals surface area contributed by atoms with Crippen molar-refractivity contribution >= 4 is 10.0 Å². The van der Waals surface area contributed by atoms with Gasteiger partial charge in [-0.05, 0) is 12.8 Å². The van der Waals surface area contributed by atoms with E-state index in [4.69, 9.17) is 0 Å². The van der Waals surface area contributed by atoms with Crippen molar-refractivity contribution in [2.75, 3.05) is 7.05 Å². The second-order valence-electron chi connectivity index (χ2n) is 4.81. The van der Waals surface area contributed by atoms with Crippen molar-refractivity contribution in [1.82, 2.24) is 9.29 Å². The predicted octanol–water partition coefficient (Wildman–Crippen LogP) is 0.299. The molecule has 7 heteroatoms. The number of hydrogen-bond acceptors (Lipinski definition) is 4. The van der Waals surface area contributed by atoms with E-state index >= 15 is 0 Å². The van der Waals surface area contributed by atoms with E-state index in [0.717, 1.165) is 17.1 Å². The number of aliphatic hydroxyl groups excluding tert-OH is 1. The van der Waals surface area contributed by atoms with E-state index in [0.29, 0.717) is 12.8 Å². The molecule has 2 rings (SSSR count). The number of likely N-dealkylation sites (N-methyl/N-ethyl adjacent to an activating group) is 1. The minimum absolute atomic E-state index is 0.282. The van der Waals surface area contributed by atoms with Crippen LogP contribution in [0.5, 0.6) is 0 Å². The molecule has 2 N–H and O–H groups in total. The van der Waals surface area contributed by atoms with Crippen molar-refractivity contribution in [1.29, 1.82) is 0 Å². The molecular formula is C12H18N2O4S. The Morgan fingerprint density at radius 1 is 1.37 bits per heavy atom. The summed E-state index contributed by atoms with van der Waals surface area (Å²) in [4.78, 5) is 14.0. The highest BCUT2D eigenvalue weighted by atomic mass is 32.2. The summed E-state index contributed by atoms with van der Waals surface area (Å²) in [5.41, 5.74) is -0.545. The Morgan fingerprint density at radius 3 is 2.68 bits per heavy atom. The van der Waals surface area contributed by atoms with Gasteiger partial charge < -0.3 is 10.1 Å². The first-order valence-corrected chi connectivity index (χ1v) is 7.72.